The van der Waals surface area contributed by atoms with Crippen LogP contribution in [0.4, 0.5) is 5.95 Å². The fourth-order valence-electron chi connectivity index (χ4n) is 2.84. The van der Waals surface area contributed by atoms with Gasteiger partial charge < -0.3 is 10.2 Å². The van der Waals surface area contributed by atoms with E-state index in [1.165, 1.54) is 32.2 Å². The van der Waals surface area contributed by atoms with Crippen molar-refractivity contribution in [2.75, 3.05) is 18.0 Å². The second-order valence-electron chi connectivity index (χ2n) is 6.55. The number of aromatic nitrogens is 4. The van der Waals surface area contributed by atoms with Crippen molar-refractivity contribution >= 4 is 61.8 Å². The lowest BCUT2D eigenvalue weighted by molar-refractivity contribution is 0.664. The molecule has 4 rings (SSSR count). The lowest BCUT2D eigenvalue weighted by Gasteiger charge is -2.20. The van der Waals surface area contributed by atoms with Crippen molar-refractivity contribution in [3.05, 3.63) is 39.0 Å². The van der Waals surface area contributed by atoms with Crippen LogP contribution in [-0.2, 0) is 0 Å². The summed E-state index contributed by atoms with van der Waals surface area (Å²) in [4.78, 5) is 18.2. The van der Waals surface area contributed by atoms with Gasteiger partial charge in [0.25, 0.3) is 0 Å². The molecular weight excluding hydrogens is 531 g/mol. The third kappa shape index (κ3) is 9.31. The number of halogens is 4. The van der Waals surface area contributed by atoms with E-state index in [-0.39, 0.29) is 17.7 Å². The van der Waals surface area contributed by atoms with E-state index >= 15 is 0 Å². The lowest BCUT2D eigenvalue weighted by atomic mass is 10.2. The third-order valence-electron chi connectivity index (χ3n) is 4.31. The summed E-state index contributed by atoms with van der Waals surface area (Å²) in [7, 11) is 0. The molecule has 28 heavy (non-hydrogen) atoms. The zero-order valence-corrected chi connectivity index (χ0v) is 20.7. The molecule has 0 aromatic carbocycles. The van der Waals surface area contributed by atoms with Crippen molar-refractivity contribution < 1.29 is 0 Å². The number of rotatable bonds is 1. The van der Waals surface area contributed by atoms with Crippen LogP contribution in [-0.4, -0.2) is 45.1 Å². The van der Waals surface area contributed by atoms with Gasteiger partial charge in [0.2, 0.25) is 11.2 Å². The first kappa shape index (κ1) is 25.5. The van der Waals surface area contributed by atoms with Gasteiger partial charge in [-0.2, -0.15) is 0 Å². The molecule has 0 unspecified atom stereocenters. The zero-order valence-electron chi connectivity index (χ0n) is 16.0. The molecular formula is C18H26Br2Cl2N6. The Kier molecular flexibility index (Phi) is 12.4. The summed E-state index contributed by atoms with van der Waals surface area (Å²) in [6.07, 6.45) is 12.0. The van der Waals surface area contributed by atoms with Gasteiger partial charge in [0.05, 0.1) is 8.95 Å². The van der Waals surface area contributed by atoms with Gasteiger partial charge >= 0.3 is 0 Å². The Morgan fingerprint density at radius 3 is 1.89 bits per heavy atom. The molecule has 0 amide bonds. The predicted octanol–water partition coefficient (Wildman–Crippen LogP) is 5.30. The van der Waals surface area contributed by atoms with Crippen LogP contribution < -0.4 is 10.2 Å². The standard InChI is InChI=1S/C9H12BrN3.C5H11N.C4H2BrClN2.ClH/c1-7-3-2-4-13(7)9-11-5-8(10)6-12-9;1-5-3-2-4-6-5;5-3-1-7-4(6)8-2-3;/h5-7H,2-4H2,1H3;5-6H,2-4H2,1H3;1-2H;1H/t7-;5-;;/m00../s1. The van der Waals surface area contributed by atoms with Gasteiger partial charge in [-0.1, -0.05) is 0 Å². The van der Waals surface area contributed by atoms with E-state index in [4.69, 9.17) is 11.6 Å². The first-order valence-electron chi connectivity index (χ1n) is 9.06. The van der Waals surface area contributed by atoms with Crippen LogP contribution in [0.25, 0.3) is 0 Å². The smallest absolute Gasteiger partial charge is 0.225 e. The molecule has 156 valence electrons. The average Bonchev–Trinajstić information content (AvgIpc) is 3.30. The summed E-state index contributed by atoms with van der Waals surface area (Å²) in [5.74, 6) is 0.855. The van der Waals surface area contributed by atoms with Gasteiger partial charge in [-0.25, -0.2) is 19.9 Å². The molecule has 2 aliphatic rings. The van der Waals surface area contributed by atoms with E-state index in [0.29, 0.717) is 6.04 Å². The second-order valence-corrected chi connectivity index (χ2v) is 8.72. The quantitative estimate of drug-likeness (QED) is 0.481. The summed E-state index contributed by atoms with van der Waals surface area (Å²) in [6, 6.07) is 1.38. The molecule has 4 heterocycles. The topological polar surface area (TPSA) is 66.8 Å². The molecule has 2 saturated heterocycles. The summed E-state index contributed by atoms with van der Waals surface area (Å²) in [5.41, 5.74) is 0. The minimum absolute atomic E-state index is 0. The minimum Gasteiger partial charge on any atom is -0.338 e. The monoisotopic (exact) mass is 554 g/mol. The van der Waals surface area contributed by atoms with Gasteiger partial charge in [0.15, 0.2) is 0 Å². The first-order chi connectivity index (χ1) is 13.0. The number of hydrogen-bond acceptors (Lipinski definition) is 6. The van der Waals surface area contributed by atoms with Crippen molar-refractivity contribution in [2.24, 2.45) is 0 Å². The molecule has 0 spiro atoms. The van der Waals surface area contributed by atoms with E-state index in [2.05, 4.69) is 75.9 Å². The van der Waals surface area contributed by atoms with E-state index < -0.39 is 0 Å². The van der Waals surface area contributed by atoms with Crippen LogP contribution in [0.5, 0.6) is 0 Å². The van der Waals surface area contributed by atoms with Crippen LogP contribution in [0.1, 0.15) is 39.5 Å². The predicted molar refractivity (Wildman–Crippen MR) is 124 cm³/mol. The molecule has 1 N–H and O–H groups in total. The van der Waals surface area contributed by atoms with Crippen LogP contribution in [0.2, 0.25) is 5.28 Å². The average molecular weight is 557 g/mol. The first-order valence-corrected chi connectivity index (χ1v) is 11.0. The molecule has 0 radical (unpaired) electrons. The number of nitrogens with zero attached hydrogens (tertiary/aromatic N) is 5. The van der Waals surface area contributed by atoms with Crippen molar-refractivity contribution in [3.63, 3.8) is 0 Å². The summed E-state index contributed by atoms with van der Waals surface area (Å²) >= 11 is 11.9. The van der Waals surface area contributed by atoms with Crippen LogP contribution in [0.15, 0.2) is 33.7 Å². The summed E-state index contributed by atoms with van der Waals surface area (Å²) < 4.78 is 1.77. The van der Waals surface area contributed by atoms with Gasteiger partial charge in [-0.15, -0.1) is 12.4 Å². The Balaban J connectivity index is 0.000000225. The highest BCUT2D eigenvalue weighted by molar-refractivity contribution is 9.10. The molecule has 2 atom stereocenters. The maximum atomic E-state index is 5.37. The van der Waals surface area contributed by atoms with E-state index in [1.54, 1.807) is 24.8 Å². The highest BCUT2D eigenvalue weighted by Gasteiger charge is 2.22. The number of anilines is 1. The molecule has 0 bridgehead atoms. The third-order valence-corrected chi connectivity index (χ3v) is 5.33. The highest BCUT2D eigenvalue weighted by Crippen LogP contribution is 2.21. The molecule has 2 aromatic rings. The molecule has 10 heteroatoms. The van der Waals surface area contributed by atoms with E-state index in [1.807, 2.05) is 0 Å². The van der Waals surface area contributed by atoms with E-state index in [9.17, 15) is 0 Å². The Morgan fingerprint density at radius 2 is 1.54 bits per heavy atom. The Labute approximate surface area is 195 Å². The largest absolute Gasteiger partial charge is 0.338 e. The SMILES string of the molecule is C[C@H]1CCCN1.C[C@H]1CCCN1c1ncc(Br)cn1.Cl.Clc1ncc(Br)cn1. The van der Waals surface area contributed by atoms with Gasteiger partial charge in [-0.3, -0.25) is 0 Å². The molecule has 2 aromatic heterocycles. The fourth-order valence-corrected chi connectivity index (χ4v) is 3.35. The van der Waals surface area contributed by atoms with Crippen molar-refractivity contribution in [1.82, 2.24) is 25.3 Å². The maximum absolute atomic E-state index is 5.37. The Bertz CT molecular complexity index is 648. The zero-order chi connectivity index (χ0) is 19.6. The fraction of sp³-hybridized carbons (Fsp3) is 0.556. The lowest BCUT2D eigenvalue weighted by Crippen LogP contribution is -2.27. The molecule has 2 aliphatic heterocycles. The second kappa shape index (κ2) is 13.6. The Morgan fingerprint density at radius 1 is 0.964 bits per heavy atom. The van der Waals surface area contributed by atoms with Crippen molar-refractivity contribution in [3.8, 4) is 0 Å². The van der Waals surface area contributed by atoms with Gasteiger partial charge in [-0.05, 0) is 89.5 Å². The van der Waals surface area contributed by atoms with Crippen molar-refractivity contribution in [1.29, 1.82) is 0 Å². The van der Waals surface area contributed by atoms with Crippen molar-refractivity contribution in [2.45, 2.75) is 51.6 Å². The van der Waals surface area contributed by atoms with Gasteiger partial charge in [0, 0.05) is 43.4 Å². The maximum Gasteiger partial charge on any atom is 0.225 e. The van der Waals surface area contributed by atoms with Crippen LogP contribution in [0, 0.1) is 0 Å². The number of hydrogen-bond donors (Lipinski definition) is 1. The molecule has 0 aliphatic carbocycles. The van der Waals surface area contributed by atoms with Crippen LogP contribution >= 0.6 is 55.9 Å². The summed E-state index contributed by atoms with van der Waals surface area (Å²) in [5, 5.41) is 3.59. The Hall–Kier alpha value is -0.540. The number of nitrogens with one attached hydrogen (secondary N) is 1. The van der Waals surface area contributed by atoms with E-state index in [0.717, 1.165) is 27.5 Å². The summed E-state index contributed by atoms with van der Waals surface area (Å²) in [6.45, 7) is 6.77. The molecule has 6 nitrogen and oxygen atoms in total. The molecule has 2 fully saturated rings. The molecule has 0 saturated carbocycles. The van der Waals surface area contributed by atoms with Crippen LogP contribution in [0.3, 0.4) is 0 Å². The highest BCUT2D eigenvalue weighted by atomic mass is 79.9. The van der Waals surface area contributed by atoms with Gasteiger partial charge in [0.1, 0.15) is 0 Å². The minimum atomic E-state index is 0. The normalized spacial score (nSPS) is 20.4.